The summed E-state index contributed by atoms with van der Waals surface area (Å²) in [6.07, 6.45) is 0. The monoisotopic (exact) mass is 477 g/mol. The standard InChI is InChI=1S/C19H32FN5.HI/c1-5-21-19(24(4)15-17-6-8-18(20)9-7-17)22-14-16(2)25-12-10-23(3)11-13-25;/h6-9,16H,5,10-15H2,1-4H3,(H,21,22);1H. The lowest BCUT2D eigenvalue weighted by atomic mass is 10.2. The molecule has 0 amide bonds. The van der Waals surface area contributed by atoms with Gasteiger partial charge in [-0.25, -0.2) is 4.39 Å². The van der Waals surface area contributed by atoms with E-state index in [0.29, 0.717) is 12.6 Å². The highest BCUT2D eigenvalue weighted by Crippen LogP contribution is 2.08. The minimum Gasteiger partial charge on any atom is -0.357 e. The molecule has 1 heterocycles. The summed E-state index contributed by atoms with van der Waals surface area (Å²) >= 11 is 0. The van der Waals surface area contributed by atoms with Crippen LogP contribution in [0.1, 0.15) is 19.4 Å². The van der Waals surface area contributed by atoms with Crippen LogP contribution in [0.5, 0.6) is 0 Å². The Labute approximate surface area is 174 Å². The van der Waals surface area contributed by atoms with Gasteiger partial charge in [-0.3, -0.25) is 9.89 Å². The summed E-state index contributed by atoms with van der Waals surface area (Å²) in [6, 6.07) is 7.08. The molecule has 0 spiro atoms. The van der Waals surface area contributed by atoms with Gasteiger partial charge in [0.2, 0.25) is 0 Å². The number of benzene rings is 1. The van der Waals surface area contributed by atoms with Crippen LogP contribution in [-0.4, -0.2) is 80.1 Å². The van der Waals surface area contributed by atoms with E-state index in [2.05, 4.69) is 40.9 Å². The predicted molar refractivity (Wildman–Crippen MR) is 118 cm³/mol. The van der Waals surface area contributed by atoms with Crippen LogP contribution >= 0.6 is 24.0 Å². The molecule has 1 saturated heterocycles. The zero-order chi connectivity index (χ0) is 18.2. The largest absolute Gasteiger partial charge is 0.357 e. The van der Waals surface area contributed by atoms with Crippen LogP contribution in [0.25, 0.3) is 0 Å². The average Bonchev–Trinajstić information content (AvgIpc) is 2.60. The van der Waals surface area contributed by atoms with E-state index >= 15 is 0 Å². The first-order valence-corrected chi connectivity index (χ1v) is 9.16. The second-order valence-electron chi connectivity index (χ2n) is 6.87. The lowest BCUT2D eigenvalue weighted by Crippen LogP contribution is -2.49. The fraction of sp³-hybridized carbons (Fsp3) is 0.632. The van der Waals surface area contributed by atoms with E-state index in [1.807, 2.05) is 19.2 Å². The minimum absolute atomic E-state index is 0. The molecular formula is C19H33FIN5. The molecule has 148 valence electrons. The SMILES string of the molecule is CCNC(=NCC(C)N1CCN(C)CC1)N(C)Cc1ccc(F)cc1.I. The van der Waals surface area contributed by atoms with Gasteiger partial charge in [-0.05, 0) is 38.6 Å². The number of hydrogen-bond acceptors (Lipinski definition) is 3. The predicted octanol–water partition coefficient (Wildman–Crippen LogP) is 2.48. The number of likely N-dealkylation sites (N-methyl/N-ethyl adjacent to an activating group) is 1. The maximum Gasteiger partial charge on any atom is 0.194 e. The van der Waals surface area contributed by atoms with Crippen LogP contribution in [0, 0.1) is 5.82 Å². The molecule has 0 aromatic heterocycles. The molecule has 7 heteroatoms. The molecule has 0 aliphatic carbocycles. The molecule has 1 fully saturated rings. The van der Waals surface area contributed by atoms with E-state index in [9.17, 15) is 4.39 Å². The van der Waals surface area contributed by atoms with Crippen LogP contribution < -0.4 is 5.32 Å². The number of piperazine rings is 1. The van der Waals surface area contributed by atoms with Crippen LogP contribution in [0.2, 0.25) is 0 Å². The number of halogens is 2. The van der Waals surface area contributed by atoms with Gasteiger partial charge in [-0.15, -0.1) is 24.0 Å². The Morgan fingerprint density at radius 3 is 2.42 bits per heavy atom. The molecule has 2 rings (SSSR count). The number of guanidine groups is 1. The van der Waals surface area contributed by atoms with Gasteiger partial charge in [0, 0.05) is 52.4 Å². The number of nitrogens with one attached hydrogen (secondary N) is 1. The van der Waals surface area contributed by atoms with Crippen LogP contribution in [0.4, 0.5) is 4.39 Å². The first kappa shape index (κ1) is 23.1. The van der Waals surface area contributed by atoms with Crippen molar-refractivity contribution >= 4 is 29.9 Å². The van der Waals surface area contributed by atoms with Gasteiger partial charge < -0.3 is 15.1 Å². The molecule has 1 aliphatic heterocycles. The van der Waals surface area contributed by atoms with E-state index in [0.717, 1.165) is 50.8 Å². The molecular weight excluding hydrogens is 444 g/mol. The highest BCUT2D eigenvalue weighted by Gasteiger charge is 2.19. The fourth-order valence-electron chi connectivity index (χ4n) is 3.00. The van der Waals surface area contributed by atoms with E-state index in [1.165, 1.54) is 12.1 Å². The Morgan fingerprint density at radius 1 is 1.23 bits per heavy atom. The van der Waals surface area contributed by atoms with Gasteiger partial charge >= 0.3 is 0 Å². The number of nitrogens with zero attached hydrogens (tertiary/aromatic N) is 4. The zero-order valence-electron chi connectivity index (χ0n) is 16.4. The number of rotatable bonds is 6. The quantitative estimate of drug-likeness (QED) is 0.388. The molecule has 1 aromatic rings. The topological polar surface area (TPSA) is 34.1 Å². The van der Waals surface area contributed by atoms with Gasteiger partial charge in [0.25, 0.3) is 0 Å². The molecule has 0 bridgehead atoms. The molecule has 1 atom stereocenters. The normalized spacial score (nSPS) is 17.5. The van der Waals surface area contributed by atoms with Crippen molar-refractivity contribution in [3.63, 3.8) is 0 Å². The van der Waals surface area contributed by atoms with E-state index in [4.69, 9.17) is 4.99 Å². The summed E-state index contributed by atoms with van der Waals surface area (Å²) in [5.41, 5.74) is 1.07. The molecule has 5 nitrogen and oxygen atoms in total. The Balaban J connectivity index is 0.00000338. The van der Waals surface area contributed by atoms with Crippen LogP contribution in [0.3, 0.4) is 0 Å². The lowest BCUT2D eigenvalue weighted by molar-refractivity contribution is 0.122. The second kappa shape index (κ2) is 11.7. The average molecular weight is 477 g/mol. The summed E-state index contributed by atoms with van der Waals surface area (Å²) in [4.78, 5) is 11.8. The molecule has 0 radical (unpaired) electrons. The molecule has 0 saturated carbocycles. The third-order valence-electron chi connectivity index (χ3n) is 4.70. The molecule has 1 unspecified atom stereocenters. The van der Waals surface area contributed by atoms with Gasteiger partial charge in [0.1, 0.15) is 5.82 Å². The smallest absolute Gasteiger partial charge is 0.194 e. The number of hydrogen-bond donors (Lipinski definition) is 1. The molecule has 26 heavy (non-hydrogen) atoms. The summed E-state index contributed by atoms with van der Waals surface area (Å²) < 4.78 is 13.1. The van der Waals surface area contributed by atoms with Crippen molar-refractivity contribution in [2.24, 2.45) is 4.99 Å². The van der Waals surface area contributed by atoms with E-state index in [1.54, 1.807) is 0 Å². The second-order valence-corrected chi connectivity index (χ2v) is 6.87. The third kappa shape index (κ3) is 7.36. The Kier molecular flexibility index (Phi) is 10.4. The van der Waals surface area contributed by atoms with E-state index < -0.39 is 0 Å². The summed E-state index contributed by atoms with van der Waals surface area (Å²) in [6.45, 7) is 11.1. The van der Waals surface area contributed by atoms with Gasteiger partial charge in [-0.2, -0.15) is 0 Å². The Hall–Kier alpha value is -0.930. The highest BCUT2D eigenvalue weighted by atomic mass is 127. The van der Waals surface area contributed by atoms with Crippen LogP contribution in [0.15, 0.2) is 29.3 Å². The van der Waals surface area contributed by atoms with Gasteiger partial charge in [-0.1, -0.05) is 12.1 Å². The maximum atomic E-state index is 13.1. The lowest BCUT2D eigenvalue weighted by Gasteiger charge is -2.36. The van der Waals surface area contributed by atoms with Crippen LogP contribution in [-0.2, 0) is 6.54 Å². The summed E-state index contributed by atoms with van der Waals surface area (Å²) in [5.74, 6) is 0.695. The van der Waals surface area contributed by atoms with Gasteiger partial charge in [0.15, 0.2) is 5.96 Å². The highest BCUT2D eigenvalue weighted by molar-refractivity contribution is 14.0. The Morgan fingerprint density at radius 2 is 1.85 bits per heavy atom. The molecule has 1 aliphatic rings. The van der Waals surface area contributed by atoms with Gasteiger partial charge in [0.05, 0.1) is 6.54 Å². The number of aliphatic imine (C=N–C) groups is 1. The summed E-state index contributed by atoms with van der Waals surface area (Å²) in [5, 5.41) is 3.35. The van der Waals surface area contributed by atoms with Crippen molar-refractivity contribution in [2.45, 2.75) is 26.4 Å². The van der Waals surface area contributed by atoms with Crippen molar-refractivity contribution in [3.05, 3.63) is 35.6 Å². The summed E-state index contributed by atoms with van der Waals surface area (Å²) in [7, 11) is 4.19. The fourth-order valence-corrected chi connectivity index (χ4v) is 3.00. The first-order valence-electron chi connectivity index (χ1n) is 9.16. The Bertz CT molecular complexity index is 543. The van der Waals surface area contributed by atoms with Crippen molar-refractivity contribution in [3.8, 4) is 0 Å². The first-order chi connectivity index (χ1) is 12.0. The maximum absolute atomic E-state index is 13.1. The molecule has 1 aromatic carbocycles. The minimum atomic E-state index is -0.201. The molecule has 1 N–H and O–H groups in total. The third-order valence-corrected chi connectivity index (χ3v) is 4.70. The van der Waals surface area contributed by atoms with E-state index in [-0.39, 0.29) is 29.8 Å². The van der Waals surface area contributed by atoms with Crippen molar-refractivity contribution in [1.82, 2.24) is 20.0 Å². The zero-order valence-corrected chi connectivity index (χ0v) is 18.7. The van der Waals surface area contributed by atoms with Crippen molar-refractivity contribution in [2.75, 3.05) is 53.4 Å². The van der Waals surface area contributed by atoms with Crippen molar-refractivity contribution < 1.29 is 4.39 Å². The van der Waals surface area contributed by atoms with Crippen molar-refractivity contribution in [1.29, 1.82) is 0 Å².